The fourth-order valence-electron chi connectivity index (χ4n) is 3.17. The van der Waals surface area contributed by atoms with Crippen LogP contribution in [0.15, 0.2) is 43.0 Å². The van der Waals surface area contributed by atoms with Crippen molar-refractivity contribution in [3.63, 3.8) is 0 Å². The molecule has 1 fully saturated rings. The number of rotatable bonds is 5. The van der Waals surface area contributed by atoms with E-state index in [0.717, 1.165) is 30.5 Å². The summed E-state index contributed by atoms with van der Waals surface area (Å²) in [5, 5.41) is 0. The van der Waals surface area contributed by atoms with E-state index in [4.69, 9.17) is 0 Å². The Labute approximate surface area is 138 Å². The lowest BCUT2D eigenvalue weighted by atomic mass is 9.98. The SMILES string of the molecule is Cc1cccc(CS(=O)(=O)N2CCC(Cn3ccnc3)CC2)c1. The predicted octanol–water partition coefficient (Wildman–Crippen LogP) is 2.43. The molecule has 1 saturated heterocycles. The minimum Gasteiger partial charge on any atom is -0.337 e. The molecular weight excluding hydrogens is 310 g/mol. The van der Waals surface area contributed by atoms with Gasteiger partial charge in [0.25, 0.3) is 0 Å². The Morgan fingerprint density at radius 2 is 2.04 bits per heavy atom. The van der Waals surface area contributed by atoms with E-state index in [2.05, 4.69) is 9.55 Å². The molecule has 2 aromatic rings. The van der Waals surface area contributed by atoms with Gasteiger partial charge in [0.2, 0.25) is 10.0 Å². The number of aromatic nitrogens is 2. The van der Waals surface area contributed by atoms with Gasteiger partial charge in [0.05, 0.1) is 12.1 Å². The molecule has 1 aliphatic rings. The standard InChI is InChI=1S/C17H23N3O2S/c1-15-3-2-4-17(11-15)13-23(21,22)20-8-5-16(6-9-20)12-19-10-7-18-14-19/h2-4,7,10-11,14,16H,5-6,8-9,12-13H2,1H3. The van der Waals surface area contributed by atoms with Gasteiger partial charge < -0.3 is 4.57 Å². The molecule has 6 heteroatoms. The topological polar surface area (TPSA) is 55.2 Å². The highest BCUT2D eigenvalue weighted by molar-refractivity contribution is 7.88. The van der Waals surface area contributed by atoms with Gasteiger partial charge in [-0.1, -0.05) is 29.8 Å². The van der Waals surface area contributed by atoms with Crippen LogP contribution in [0.1, 0.15) is 24.0 Å². The Morgan fingerprint density at radius 1 is 1.26 bits per heavy atom. The van der Waals surface area contributed by atoms with Crippen LogP contribution in [0, 0.1) is 12.8 Å². The minimum absolute atomic E-state index is 0.0981. The van der Waals surface area contributed by atoms with Crippen LogP contribution < -0.4 is 0 Å². The zero-order chi connectivity index (χ0) is 16.3. The summed E-state index contributed by atoms with van der Waals surface area (Å²) in [5.41, 5.74) is 1.96. The first-order valence-corrected chi connectivity index (χ1v) is 9.63. The number of benzene rings is 1. The monoisotopic (exact) mass is 333 g/mol. The molecule has 0 bridgehead atoms. The van der Waals surface area contributed by atoms with Gasteiger partial charge in [-0.3, -0.25) is 0 Å². The number of hydrogen-bond donors (Lipinski definition) is 0. The molecule has 1 aromatic heterocycles. The second kappa shape index (κ2) is 6.84. The van der Waals surface area contributed by atoms with Crippen molar-refractivity contribution in [3.05, 3.63) is 54.1 Å². The normalized spacial score (nSPS) is 17.4. The van der Waals surface area contributed by atoms with Crippen LogP contribution in [0.25, 0.3) is 0 Å². The first-order valence-electron chi connectivity index (χ1n) is 8.02. The average molecular weight is 333 g/mol. The Hall–Kier alpha value is -1.66. The summed E-state index contributed by atoms with van der Waals surface area (Å²) in [7, 11) is -3.22. The van der Waals surface area contributed by atoms with Crippen LogP contribution in [-0.2, 0) is 22.3 Å². The van der Waals surface area contributed by atoms with E-state index >= 15 is 0 Å². The van der Waals surface area contributed by atoms with Crippen molar-refractivity contribution in [1.29, 1.82) is 0 Å². The molecule has 0 atom stereocenters. The summed E-state index contributed by atoms with van der Waals surface area (Å²) in [4.78, 5) is 4.05. The molecule has 0 amide bonds. The van der Waals surface area contributed by atoms with Gasteiger partial charge in [-0.2, -0.15) is 0 Å². The van der Waals surface area contributed by atoms with Gasteiger partial charge in [-0.05, 0) is 31.2 Å². The zero-order valence-corrected chi connectivity index (χ0v) is 14.2. The van der Waals surface area contributed by atoms with Gasteiger partial charge >= 0.3 is 0 Å². The number of sulfonamides is 1. The van der Waals surface area contributed by atoms with E-state index in [-0.39, 0.29) is 5.75 Å². The highest BCUT2D eigenvalue weighted by atomic mass is 32.2. The van der Waals surface area contributed by atoms with Crippen molar-refractivity contribution in [2.75, 3.05) is 13.1 Å². The number of aryl methyl sites for hydroxylation is 1. The van der Waals surface area contributed by atoms with Crippen LogP contribution in [0.5, 0.6) is 0 Å². The van der Waals surface area contributed by atoms with Crippen molar-refractivity contribution >= 4 is 10.0 Å². The van der Waals surface area contributed by atoms with Gasteiger partial charge in [0, 0.05) is 32.0 Å². The fraction of sp³-hybridized carbons (Fsp3) is 0.471. The highest BCUT2D eigenvalue weighted by Gasteiger charge is 2.28. The summed E-state index contributed by atoms with van der Waals surface area (Å²) in [6.07, 6.45) is 7.37. The maximum Gasteiger partial charge on any atom is 0.218 e. The number of nitrogens with zero attached hydrogens (tertiary/aromatic N) is 3. The highest BCUT2D eigenvalue weighted by Crippen LogP contribution is 2.23. The summed E-state index contributed by atoms with van der Waals surface area (Å²) in [6, 6.07) is 7.73. The summed E-state index contributed by atoms with van der Waals surface area (Å²) < 4.78 is 28.9. The van der Waals surface area contributed by atoms with E-state index in [1.54, 1.807) is 10.5 Å². The molecule has 5 nitrogen and oxygen atoms in total. The lowest BCUT2D eigenvalue weighted by Crippen LogP contribution is -2.39. The molecule has 0 saturated carbocycles. The molecule has 124 valence electrons. The number of piperidine rings is 1. The Morgan fingerprint density at radius 3 is 2.70 bits per heavy atom. The van der Waals surface area contributed by atoms with Gasteiger partial charge in [-0.25, -0.2) is 17.7 Å². The summed E-state index contributed by atoms with van der Waals surface area (Å²) in [5.74, 6) is 0.621. The fourth-order valence-corrected chi connectivity index (χ4v) is 4.72. The number of imidazole rings is 1. The molecule has 0 spiro atoms. The van der Waals surface area contributed by atoms with Crippen molar-refractivity contribution in [2.45, 2.75) is 32.1 Å². The van der Waals surface area contributed by atoms with E-state index < -0.39 is 10.0 Å². The summed E-state index contributed by atoms with van der Waals surface area (Å²) >= 11 is 0. The van der Waals surface area contributed by atoms with E-state index in [1.807, 2.05) is 43.7 Å². The third kappa shape index (κ3) is 4.20. The number of hydrogen-bond acceptors (Lipinski definition) is 3. The zero-order valence-electron chi connectivity index (χ0n) is 13.4. The predicted molar refractivity (Wildman–Crippen MR) is 90.3 cm³/mol. The minimum atomic E-state index is -3.22. The molecule has 3 rings (SSSR count). The Balaban J connectivity index is 1.57. The lowest BCUT2D eigenvalue weighted by Gasteiger charge is -2.31. The largest absolute Gasteiger partial charge is 0.337 e. The third-order valence-corrected chi connectivity index (χ3v) is 6.28. The molecular formula is C17H23N3O2S. The van der Waals surface area contributed by atoms with Crippen LogP contribution in [-0.4, -0.2) is 35.4 Å². The van der Waals surface area contributed by atoms with Gasteiger partial charge in [0.15, 0.2) is 0 Å². The smallest absolute Gasteiger partial charge is 0.218 e. The van der Waals surface area contributed by atoms with E-state index in [0.29, 0.717) is 19.0 Å². The maximum absolute atomic E-state index is 12.6. The van der Waals surface area contributed by atoms with Crippen LogP contribution >= 0.6 is 0 Å². The second-order valence-electron chi connectivity index (χ2n) is 6.35. The van der Waals surface area contributed by atoms with Crippen molar-refractivity contribution < 1.29 is 8.42 Å². The molecule has 0 aliphatic carbocycles. The molecule has 2 heterocycles. The van der Waals surface area contributed by atoms with Crippen molar-refractivity contribution in [1.82, 2.24) is 13.9 Å². The molecule has 0 unspecified atom stereocenters. The van der Waals surface area contributed by atoms with Gasteiger partial charge in [-0.15, -0.1) is 0 Å². The van der Waals surface area contributed by atoms with Crippen LogP contribution in [0.3, 0.4) is 0 Å². The molecule has 0 radical (unpaired) electrons. The third-order valence-electron chi connectivity index (χ3n) is 4.43. The lowest BCUT2D eigenvalue weighted by molar-refractivity contribution is 0.253. The Kier molecular flexibility index (Phi) is 4.82. The molecule has 1 aliphatic heterocycles. The van der Waals surface area contributed by atoms with Crippen molar-refractivity contribution in [2.24, 2.45) is 5.92 Å². The first-order chi connectivity index (χ1) is 11.0. The molecule has 1 aromatic carbocycles. The first kappa shape index (κ1) is 16.2. The van der Waals surface area contributed by atoms with Crippen molar-refractivity contribution in [3.8, 4) is 0 Å². The van der Waals surface area contributed by atoms with Gasteiger partial charge in [0.1, 0.15) is 0 Å². The molecule has 0 N–H and O–H groups in total. The second-order valence-corrected chi connectivity index (χ2v) is 8.32. The van der Waals surface area contributed by atoms with Crippen LogP contribution in [0.4, 0.5) is 0 Å². The molecule has 23 heavy (non-hydrogen) atoms. The van der Waals surface area contributed by atoms with Crippen LogP contribution in [0.2, 0.25) is 0 Å². The summed E-state index contributed by atoms with van der Waals surface area (Å²) in [6.45, 7) is 4.14. The quantitative estimate of drug-likeness (QED) is 0.844. The average Bonchev–Trinajstić information content (AvgIpc) is 3.00. The van der Waals surface area contributed by atoms with E-state index in [9.17, 15) is 8.42 Å². The Bertz CT molecular complexity index is 733. The van der Waals surface area contributed by atoms with E-state index in [1.165, 1.54) is 0 Å². The maximum atomic E-state index is 12.6.